The Hall–Kier alpha value is -2.36. The van der Waals surface area contributed by atoms with E-state index in [1.54, 1.807) is 18.3 Å². The predicted molar refractivity (Wildman–Crippen MR) is 90.2 cm³/mol. The lowest BCUT2D eigenvalue weighted by atomic mass is 9.92. The molecule has 0 amide bonds. The maximum absolute atomic E-state index is 12.8. The minimum atomic E-state index is -2.43. The maximum atomic E-state index is 12.8. The molecule has 4 heteroatoms. The quantitative estimate of drug-likeness (QED) is 0.863. The van der Waals surface area contributed by atoms with Crippen molar-refractivity contribution < 1.29 is 8.78 Å². The van der Waals surface area contributed by atoms with Crippen molar-refractivity contribution in [3.05, 3.63) is 72.4 Å². The highest BCUT2D eigenvalue weighted by Gasteiger charge is 2.25. The van der Waals surface area contributed by atoms with Crippen molar-refractivity contribution >= 4 is 11.4 Å². The van der Waals surface area contributed by atoms with E-state index in [2.05, 4.69) is 28.9 Å². The summed E-state index contributed by atoms with van der Waals surface area (Å²) in [5, 5.41) is 3.18. The van der Waals surface area contributed by atoms with Gasteiger partial charge in [-0.1, -0.05) is 36.9 Å². The molecule has 2 aromatic carbocycles. The Labute approximate surface area is 135 Å². The fourth-order valence-electron chi connectivity index (χ4n) is 3.11. The van der Waals surface area contributed by atoms with Gasteiger partial charge in [0, 0.05) is 30.0 Å². The molecule has 1 aliphatic rings. The van der Waals surface area contributed by atoms with Gasteiger partial charge in [-0.25, -0.2) is 8.78 Å². The topological polar surface area (TPSA) is 15.3 Å². The van der Waals surface area contributed by atoms with Crippen LogP contribution in [-0.2, 0) is 6.42 Å². The zero-order valence-corrected chi connectivity index (χ0v) is 12.9. The number of hydrogen-bond donors (Lipinski definition) is 1. The van der Waals surface area contributed by atoms with Crippen molar-refractivity contribution in [3.8, 4) is 0 Å². The molecule has 1 aliphatic heterocycles. The number of halogens is 2. The van der Waals surface area contributed by atoms with Gasteiger partial charge in [0.05, 0.1) is 0 Å². The summed E-state index contributed by atoms with van der Waals surface area (Å²) in [6.07, 6.45) is 0.285. The fourth-order valence-corrected chi connectivity index (χ4v) is 3.11. The Morgan fingerprint density at radius 2 is 1.91 bits per heavy atom. The summed E-state index contributed by atoms with van der Waals surface area (Å²) in [6, 6.07) is 14.9. The van der Waals surface area contributed by atoms with Crippen LogP contribution in [0.5, 0.6) is 0 Å². The molecule has 23 heavy (non-hydrogen) atoms. The van der Waals surface area contributed by atoms with Crippen LogP contribution in [-0.4, -0.2) is 13.1 Å². The molecule has 1 N–H and O–H groups in total. The van der Waals surface area contributed by atoms with Crippen LogP contribution in [0.2, 0.25) is 0 Å². The van der Waals surface area contributed by atoms with Crippen LogP contribution in [0.4, 0.5) is 20.2 Å². The van der Waals surface area contributed by atoms with Crippen LogP contribution in [0, 0.1) is 5.92 Å². The summed E-state index contributed by atoms with van der Waals surface area (Å²) in [5.41, 5.74) is 3.45. The summed E-state index contributed by atoms with van der Waals surface area (Å²) >= 11 is 0. The first kappa shape index (κ1) is 15.5. The van der Waals surface area contributed by atoms with Crippen molar-refractivity contribution in [1.29, 1.82) is 0 Å². The molecule has 0 aromatic heterocycles. The minimum absolute atomic E-state index is 0.0592. The number of alkyl halides is 2. The number of para-hydroxylation sites is 1. The summed E-state index contributed by atoms with van der Waals surface area (Å²) in [5.74, 6) is 0.442. The van der Waals surface area contributed by atoms with Gasteiger partial charge in [0.25, 0.3) is 6.43 Å². The second kappa shape index (κ2) is 6.82. The number of nitrogens with one attached hydrogen (secondary N) is 1. The third-order valence-corrected chi connectivity index (χ3v) is 4.24. The van der Waals surface area contributed by atoms with Crippen LogP contribution >= 0.6 is 0 Å². The lowest BCUT2D eigenvalue weighted by Gasteiger charge is -2.36. The number of hydrogen-bond acceptors (Lipinski definition) is 2. The summed E-state index contributed by atoms with van der Waals surface area (Å²) in [7, 11) is 0. The van der Waals surface area contributed by atoms with Crippen molar-refractivity contribution in [2.75, 3.05) is 18.0 Å². The molecule has 0 aliphatic carbocycles. The summed E-state index contributed by atoms with van der Waals surface area (Å²) < 4.78 is 25.5. The Balaban J connectivity index is 1.91. The van der Waals surface area contributed by atoms with E-state index in [0.717, 1.165) is 30.9 Å². The Bertz CT molecular complexity index is 667. The first-order valence-electron chi connectivity index (χ1n) is 7.77. The SMILES string of the molecule is C=CNCC1Cc2ccccc2N(c2ccc(C(F)F)cc2)C1. The van der Waals surface area contributed by atoms with E-state index in [1.807, 2.05) is 12.1 Å². The van der Waals surface area contributed by atoms with E-state index in [4.69, 9.17) is 0 Å². The molecule has 0 saturated heterocycles. The number of benzene rings is 2. The zero-order chi connectivity index (χ0) is 16.2. The average molecular weight is 314 g/mol. The van der Waals surface area contributed by atoms with Gasteiger partial charge < -0.3 is 10.2 Å². The van der Waals surface area contributed by atoms with Gasteiger partial charge in [-0.15, -0.1) is 0 Å². The van der Waals surface area contributed by atoms with Crippen LogP contribution < -0.4 is 10.2 Å². The van der Waals surface area contributed by atoms with Gasteiger partial charge in [-0.3, -0.25) is 0 Å². The number of rotatable bonds is 5. The molecule has 0 fully saturated rings. The Kier molecular flexibility index (Phi) is 4.60. The second-order valence-electron chi connectivity index (χ2n) is 5.81. The Morgan fingerprint density at radius 1 is 1.17 bits per heavy atom. The van der Waals surface area contributed by atoms with Crippen LogP contribution in [0.15, 0.2) is 61.3 Å². The molecule has 0 radical (unpaired) electrons. The van der Waals surface area contributed by atoms with Crippen molar-refractivity contribution in [3.63, 3.8) is 0 Å². The van der Waals surface area contributed by atoms with Gasteiger partial charge in [0.2, 0.25) is 0 Å². The zero-order valence-electron chi connectivity index (χ0n) is 12.9. The van der Waals surface area contributed by atoms with E-state index in [-0.39, 0.29) is 5.56 Å². The van der Waals surface area contributed by atoms with Crippen molar-refractivity contribution in [2.45, 2.75) is 12.8 Å². The first-order chi connectivity index (χ1) is 11.2. The van der Waals surface area contributed by atoms with Gasteiger partial charge in [-0.2, -0.15) is 0 Å². The lowest BCUT2D eigenvalue weighted by Crippen LogP contribution is -2.36. The number of fused-ring (bicyclic) bond motifs is 1. The van der Waals surface area contributed by atoms with E-state index in [0.29, 0.717) is 5.92 Å². The molecule has 0 saturated carbocycles. The predicted octanol–water partition coefficient (Wildman–Crippen LogP) is 4.67. The van der Waals surface area contributed by atoms with E-state index < -0.39 is 6.43 Å². The average Bonchev–Trinajstić information content (AvgIpc) is 2.59. The first-order valence-corrected chi connectivity index (χ1v) is 7.77. The summed E-state index contributed by atoms with van der Waals surface area (Å²) in [6.45, 7) is 5.40. The van der Waals surface area contributed by atoms with E-state index >= 15 is 0 Å². The Morgan fingerprint density at radius 3 is 2.61 bits per heavy atom. The molecule has 2 nitrogen and oxygen atoms in total. The molecule has 120 valence electrons. The highest BCUT2D eigenvalue weighted by atomic mass is 19.3. The maximum Gasteiger partial charge on any atom is 0.263 e. The highest BCUT2D eigenvalue weighted by molar-refractivity contribution is 5.68. The normalized spacial score (nSPS) is 17.0. The van der Waals surface area contributed by atoms with Crippen LogP contribution in [0.3, 0.4) is 0 Å². The fraction of sp³-hybridized carbons (Fsp3) is 0.263. The minimum Gasteiger partial charge on any atom is -0.391 e. The highest BCUT2D eigenvalue weighted by Crippen LogP contribution is 2.35. The molecule has 0 spiro atoms. The smallest absolute Gasteiger partial charge is 0.263 e. The van der Waals surface area contributed by atoms with E-state index in [1.165, 1.54) is 17.7 Å². The van der Waals surface area contributed by atoms with Crippen molar-refractivity contribution in [2.24, 2.45) is 5.92 Å². The summed E-state index contributed by atoms with van der Waals surface area (Å²) in [4.78, 5) is 2.21. The third-order valence-electron chi connectivity index (χ3n) is 4.24. The largest absolute Gasteiger partial charge is 0.391 e. The third kappa shape index (κ3) is 3.36. The molecular weight excluding hydrogens is 294 g/mol. The van der Waals surface area contributed by atoms with Gasteiger partial charge in [0.15, 0.2) is 0 Å². The lowest BCUT2D eigenvalue weighted by molar-refractivity contribution is 0.151. The molecule has 1 unspecified atom stereocenters. The number of nitrogens with zero attached hydrogens (tertiary/aromatic N) is 1. The molecular formula is C19H20F2N2. The van der Waals surface area contributed by atoms with Gasteiger partial charge in [0.1, 0.15) is 0 Å². The standard InChI is InChI=1S/C19H20F2N2/c1-2-22-12-14-11-16-5-3-4-6-18(16)23(13-14)17-9-7-15(8-10-17)19(20)21/h2-10,14,19,22H,1,11-13H2. The second-order valence-corrected chi connectivity index (χ2v) is 5.81. The van der Waals surface area contributed by atoms with Crippen LogP contribution in [0.25, 0.3) is 0 Å². The monoisotopic (exact) mass is 314 g/mol. The van der Waals surface area contributed by atoms with Gasteiger partial charge >= 0.3 is 0 Å². The van der Waals surface area contributed by atoms with Gasteiger partial charge in [-0.05, 0) is 42.3 Å². The number of anilines is 2. The molecule has 2 aromatic rings. The molecule has 1 heterocycles. The van der Waals surface area contributed by atoms with Crippen molar-refractivity contribution in [1.82, 2.24) is 5.32 Å². The van der Waals surface area contributed by atoms with E-state index in [9.17, 15) is 8.78 Å². The molecule has 0 bridgehead atoms. The van der Waals surface area contributed by atoms with Crippen LogP contribution in [0.1, 0.15) is 17.6 Å². The molecule has 3 rings (SSSR count). The molecule has 1 atom stereocenters.